The van der Waals surface area contributed by atoms with Crippen LogP contribution in [0.1, 0.15) is 180 Å². The van der Waals surface area contributed by atoms with Crippen LogP contribution < -0.4 is 22.1 Å². The van der Waals surface area contributed by atoms with Crippen molar-refractivity contribution in [1.29, 1.82) is 0 Å². The number of carbonyl (C=O) groups is 4. The SMILES string of the molecule is COC(=O)CCCCCCCCCCCCCCCNC(=O)C(N)CSSCC(N)C(=O)NCCCCCCCCCCCCCCCC(=O)O. The number of hydrogen-bond acceptors (Lipinski definition) is 9. The fourth-order valence-electron chi connectivity index (χ4n) is 5.87. The first-order valence-corrected chi connectivity index (χ1v) is 22.9. The van der Waals surface area contributed by atoms with E-state index in [2.05, 4.69) is 15.4 Å². The second kappa shape index (κ2) is 38.2. The van der Waals surface area contributed by atoms with E-state index in [1.54, 1.807) is 0 Å². The lowest BCUT2D eigenvalue weighted by atomic mass is 10.0. The summed E-state index contributed by atoms with van der Waals surface area (Å²) in [6.07, 6.45) is 31.4. The standard InChI is InChI=1S/C39H76N4O6S2/c1-49-37(46)29-25-21-17-13-9-5-3-7-11-15-19-23-27-31-43-39(48)35(41)33-51-50-32-34(40)38(47)42-30-26-22-18-14-10-6-2-4-8-12-16-20-24-28-36(44)45/h34-35H,2-33,40-41H2,1H3,(H,42,47)(H,43,48)(H,44,45). The summed E-state index contributed by atoms with van der Waals surface area (Å²) in [7, 11) is 4.42. The zero-order valence-electron chi connectivity index (χ0n) is 32.2. The van der Waals surface area contributed by atoms with E-state index in [9.17, 15) is 19.2 Å². The maximum atomic E-state index is 12.3. The molecule has 0 spiro atoms. The van der Waals surface area contributed by atoms with Crippen molar-refractivity contribution in [2.75, 3.05) is 31.7 Å². The first kappa shape index (κ1) is 49.5. The number of hydrogen-bond donors (Lipinski definition) is 5. The van der Waals surface area contributed by atoms with E-state index in [0.717, 1.165) is 57.8 Å². The molecule has 0 radical (unpaired) electrons. The molecule has 0 aliphatic carbocycles. The molecule has 0 rings (SSSR count). The number of methoxy groups -OCH3 is 1. The number of amides is 2. The fourth-order valence-corrected chi connectivity index (χ4v) is 8.11. The van der Waals surface area contributed by atoms with Crippen molar-refractivity contribution >= 4 is 45.3 Å². The summed E-state index contributed by atoms with van der Waals surface area (Å²) in [6.45, 7) is 1.32. The third-order valence-electron chi connectivity index (χ3n) is 9.20. The summed E-state index contributed by atoms with van der Waals surface area (Å²) >= 11 is 0. The van der Waals surface area contributed by atoms with E-state index in [1.165, 1.54) is 138 Å². The van der Waals surface area contributed by atoms with Gasteiger partial charge in [0, 0.05) is 37.4 Å². The first-order chi connectivity index (χ1) is 24.8. The Morgan fingerprint density at radius 2 is 0.765 bits per heavy atom. The minimum atomic E-state index is -0.689. The van der Waals surface area contributed by atoms with Gasteiger partial charge in [-0.1, -0.05) is 163 Å². The number of carbonyl (C=O) groups excluding carboxylic acids is 3. The molecule has 2 amide bonds. The van der Waals surface area contributed by atoms with Gasteiger partial charge in [0.25, 0.3) is 0 Å². The van der Waals surface area contributed by atoms with Crippen LogP contribution in [-0.2, 0) is 23.9 Å². The number of carboxylic acids is 1. The lowest BCUT2D eigenvalue weighted by Crippen LogP contribution is -2.43. The Morgan fingerprint density at radius 1 is 0.490 bits per heavy atom. The molecule has 300 valence electrons. The Bertz CT molecular complexity index is 855. The average molecular weight is 761 g/mol. The third-order valence-corrected chi connectivity index (χ3v) is 11.7. The van der Waals surface area contributed by atoms with Gasteiger partial charge in [0.1, 0.15) is 0 Å². The summed E-state index contributed by atoms with van der Waals surface area (Å²) < 4.78 is 4.66. The van der Waals surface area contributed by atoms with E-state index in [0.29, 0.717) is 37.4 Å². The second-order valence-corrected chi connectivity index (χ2v) is 16.6. The van der Waals surface area contributed by atoms with Gasteiger partial charge in [-0.3, -0.25) is 19.2 Å². The van der Waals surface area contributed by atoms with Crippen molar-refractivity contribution in [3.63, 3.8) is 0 Å². The van der Waals surface area contributed by atoms with E-state index >= 15 is 0 Å². The van der Waals surface area contributed by atoms with Gasteiger partial charge in [0.05, 0.1) is 19.2 Å². The highest BCUT2D eigenvalue weighted by atomic mass is 33.1. The van der Waals surface area contributed by atoms with Crippen LogP contribution in [0.15, 0.2) is 0 Å². The van der Waals surface area contributed by atoms with E-state index in [-0.39, 0.29) is 17.8 Å². The Hall–Kier alpha value is -1.50. The molecule has 12 heteroatoms. The number of nitrogens with two attached hydrogens (primary N) is 2. The van der Waals surface area contributed by atoms with Crippen LogP contribution in [0, 0.1) is 0 Å². The zero-order valence-corrected chi connectivity index (χ0v) is 33.9. The molecule has 0 fully saturated rings. The van der Waals surface area contributed by atoms with Crippen molar-refractivity contribution in [1.82, 2.24) is 10.6 Å². The number of unbranched alkanes of at least 4 members (excludes halogenated alkanes) is 24. The number of carboxylic acid groups (broad SMARTS) is 1. The lowest BCUT2D eigenvalue weighted by Gasteiger charge is -2.14. The molecule has 0 saturated carbocycles. The van der Waals surface area contributed by atoms with E-state index < -0.39 is 18.1 Å². The summed E-state index contributed by atoms with van der Waals surface area (Å²) in [5, 5.41) is 14.6. The summed E-state index contributed by atoms with van der Waals surface area (Å²) in [5.74, 6) is -0.0677. The predicted molar refractivity (Wildman–Crippen MR) is 216 cm³/mol. The number of aliphatic carboxylic acids is 1. The molecule has 0 aliphatic heterocycles. The van der Waals surface area contributed by atoms with E-state index in [1.807, 2.05) is 0 Å². The summed E-state index contributed by atoms with van der Waals surface area (Å²) in [5.41, 5.74) is 12.1. The van der Waals surface area contributed by atoms with Gasteiger partial charge in [-0.2, -0.15) is 0 Å². The molecule has 51 heavy (non-hydrogen) atoms. The second-order valence-electron chi connectivity index (χ2n) is 14.0. The molecule has 0 aliphatic rings. The van der Waals surface area contributed by atoms with Gasteiger partial charge in [0.15, 0.2) is 0 Å². The van der Waals surface area contributed by atoms with Gasteiger partial charge in [-0.25, -0.2) is 0 Å². The van der Waals surface area contributed by atoms with Crippen molar-refractivity contribution in [3.8, 4) is 0 Å². The molecular formula is C39H76N4O6S2. The van der Waals surface area contributed by atoms with Crippen LogP contribution in [0.2, 0.25) is 0 Å². The summed E-state index contributed by atoms with van der Waals surface area (Å²) in [6, 6.07) is -1.14. The molecule has 0 saturated heterocycles. The van der Waals surface area contributed by atoms with Crippen LogP contribution in [0.5, 0.6) is 0 Å². The largest absolute Gasteiger partial charge is 0.481 e. The van der Waals surface area contributed by atoms with Crippen molar-refractivity contribution in [2.24, 2.45) is 11.5 Å². The van der Waals surface area contributed by atoms with Crippen molar-refractivity contribution in [2.45, 2.75) is 192 Å². The highest BCUT2D eigenvalue weighted by Crippen LogP contribution is 2.22. The predicted octanol–water partition coefficient (Wildman–Crippen LogP) is 8.44. The lowest BCUT2D eigenvalue weighted by molar-refractivity contribution is -0.141. The van der Waals surface area contributed by atoms with Crippen LogP contribution in [-0.4, -0.2) is 72.6 Å². The van der Waals surface area contributed by atoms with Crippen LogP contribution in [0.4, 0.5) is 0 Å². The minimum absolute atomic E-state index is 0.102. The highest BCUT2D eigenvalue weighted by molar-refractivity contribution is 8.76. The Balaban J connectivity index is 3.47. The fraction of sp³-hybridized carbons (Fsp3) is 0.897. The number of rotatable bonds is 39. The smallest absolute Gasteiger partial charge is 0.305 e. The van der Waals surface area contributed by atoms with Crippen LogP contribution >= 0.6 is 21.6 Å². The number of nitrogens with one attached hydrogen (secondary N) is 2. The topological polar surface area (TPSA) is 174 Å². The molecule has 0 heterocycles. The Kier molecular flexibility index (Phi) is 37.1. The van der Waals surface area contributed by atoms with Crippen LogP contribution in [0.3, 0.4) is 0 Å². The Labute approximate surface area is 319 Å². The maximum absolute atomic E-state index is 12.3. The normalized spacial score (nSPS) is 12.4. The van der Waals surface area contributed by atoms with Gasteiger partial charge in [-0.05, 0) is 25.7 Å². The number of ether oxygens (including phenoxy) is 1. The third kappa shape index (κ3) is 36.6. The van der Waals surface area contributed by atoms with Gasteiger partial charge < -0.3 is 31.9 Å². The summed E-state index contributed by atoms with van der Waals surface area (Å²) in [4.78, 5) is 46.2. The van der Waals surface area contributed by atoms with Gasteiger partial charge >= 0.3 is 11.9 Å². The minimum Gasteiger partial charge on any atom is -0.481 e. The Morgan fingerprint density at radius 3 is 1.06 bits per heavy atom. The monoisotopic (exact) mass is 761 g/mol. The number of esters is 1. The zero-order chi connectivity index (χ0) is 37.6. The molecular weight excluding hydrogens is 685 g/mol. The van der Waals surface area contributed by atoms with Gasteiger partial charge in [-0.15, -0.1) is 0 Å². The molecule has 0 bridgehead atoms. The maximum Gasteiger partial charge on any atom is 0.305 e. The average Bonchev–Trinajstić information content (AvgIpc) is 3.12. The molecule has 0 aromatic rings. The van der Waals surface area contributed by atoms with Crippen molar-refractivity contribution < 1.29 is 29.0 Å². The molecule has 0 aromatic carbocycles. The molecule has 2 unspecified atom stereocenters. The van der Waals surface area contributed by atoms with Crippen molar-refractivity contribution in [3.05, 3.63) is 0 Å². The van der Waals surface area contributed by atoms with E-state index in [4.69, 9.17) is 16.6 Å². The highest BCUT2D eigenvalue weighted by Gasteiger charge is 2.16. The molecule has 0 aromatic heterocycles. The quantitative estimate of drug-likeness (QED) is 0.0232. The van der Waals surface area contributed by atoms with Crippen LogP contribution in [0.25, 0.3) is 0 Å². The molecule has 7 N–H and O–H groups in total. The molecule has 2 atom stereocenters. The van der Waals surface area contributed by atoms with Gasteiger partial charge in [0.2, 0.25) is 11.8 Å². The molecule has 10 nitrogen and oxygen atoms in total. The first-order valence-electron chi connectivity index (χ1n) is 20.4.